The van der Waals surface area contributed by atoms with Crippen LogP contribution in [0.15, 0.2) is 30.3 Å². The number of benzene rings is 1. The topological polar surface area (TPSA) is 46.2 Å². The average Bonchev–Trinajstić information content (AvgIpc) is 2.68. The van der Waals surface area contributed by atoms with Crippen LogP contribution in [0, 0.1) is 0 Å². The second kappa shape index (κ2) is 18.1. The molecule has 0 amide bonds. The molecular weight excluding hydrogens is 330 g/mol. The lowest BCUT2D eigenvalue weighted by Crippen LogP contribution is -1.97. The van der Waals surface area contributed by atoms with E-state index in [0.29, 0.717) is 5.75 Å². The summed E-state index contributed by atoms with van der Waals surface area (Å²) in [5.74, 6) is 0.334. The smallest absolute Gasteiger partial charge is 0.115 e. The van der Waals surface area contributed by atoms with Gasteiger partial charge in [0.2, 0.25) is 0 Å². The number of hydrogen-bond acceptors (Lipinski definition) is 2. The molecule has 0 radical (unpaired) electrons. The number of aromatic hydroxyl groups is 1. The predicted molar refractivity (Wildman–Crippen MR) is 120 cm³/mol. The first-order valence-electron chi connectivity index (χ1n) is 11.5. The summed E-state index contributed by atoms with van der Waals surface area (Å²) in [4.78, 5) is 0. The van der Waals surface area contributed by atoms with E-state index >= 15 is 0 Å². The molecule has 2 nitrogen and oxygen atoms in total. The molecule has 0 aliphatic heterocycles. The Hall–Kier alpha value is -1.28. The van der Waals surface area contributed by atoms with E-state index in [9.17, 15) is 5.11 Å². The molecular formula is C25H43NO. The molecule has 0 heterocycles. The summed E-state index contributed by atoms with van der Waals surface area (Å²) >= 11 is 0. The molecule has 0 aromatic heterocycles. The molecule has 0 aliphatic carbocycles. The zero-order valence-corrected chi connectivity index (χ0v) is 17.5. The number of allylic oxidation sites excluding steroid dienone is 1. The van der Waals surface area contributed by atoms with Gasteiger partial charge < -0.3 is 10.8 Å². The van der Waals surface area contributed by atoms with Crippen LogP contribution in [0.2, 0.25) is 0 Å². The van der Waals surface area contributed by atoms with Gasteiger partial charge in [0.25, 0.3) is 0 Å². The molecule has 154 valence electrons. The predicted octanol–water partition coefficient (Wildman–Crippen LogP) is 7.61. The summed E-state index contributed by atoms with van der Waals surface area (Å²) in [6, 6.07) is 7.39. The number of hydrogen-bond donors (Lipinski definition) is 2. The Morgan fingerprint density at radius 1 is 0.593 bits per heavy atom. The van der Waals surface area contributed by atoms with Crippen molar-refractivity contribution in [1.29, 1.82) is 0 Å². The van der Waals surface area contributed by atoms with Crippen molar-refractivity contribution in [3.63, 3.8) is 0 Å². The van der Waals surface area contributed by atoms with Crippen LogP contribution in [0.25, 0.3) is 6.08 Å². The van der Waals surface area contributed by atoms with E-state index in [-0.39, 0.29) is 0 Å². The summed E-state index contributed by atoms with van der Waals surface area (Å²) < 4.78 is 0. The fourth-order valence-corrected chi connectivity index (χ4v) is 3.51. The van der Waals surface area contributed by atoms with E-state index in [4.69, 9.17) is 5.73 Å². The van der Waals surface area contributed by atoms with Gasteiger partial charge in [0.1, 0.15) is 5.75 Å². The van der Waals surface area contributed by atoms with E-state index in [2.05, 4.69) is 12.2 Å². The van der Waals surface area contributed by atoms with Gasteiger partial charge in [-0.1, -0.05) is 108 Å². The van der Waals surface area contributed by atoms with Crippen LogP contribution in [0.1, 0.15) is 108 Å². The van der Waals surface area contributed by atoms with Crippen LogP contribution < -0.4 is 5.73 Å². The molecule has 0 saturated carbocycles. The number of unbranched alkanes of at least 4 members (excludes halogenated alkanes) is 15. The Morgan fingerprint density at radius 2 is 1.00 bits per heavy atom. The normalized spacial score (nSPS) is 11.4. The third-order valence-electron chi connectivity index (χ3n) is 5.28. The zero-order valence-electron chi connectivity index (χ0n) is 17.5. The Kier molecular flexibility index (Phi) is 15.9. The minimum absolute atomic E-state index is 0.334. The van der Waals surface area contributed by atoms with Crippen LogP contribution in [-0.4, -0.2) is 11.7 Å². The fourth-order valence-electron chi connectivity index (χ4n) is 3.51. The minimum atomic E-state index is 0.334. The van der Waals surface area contributed by atoms with Crippen molar-refractivity contribution < 1.29 is 5.11 Å². The van der Waals surface area contributed by atoms with Crippen molar-refractivity contribution in [1.82, 2.24) is 0 Å². The highest BCUT2D eigenvalue weighted by atomic mass is 16.3. The quantitative estimate of drug-likeness (QED) is 0.260. The van der Waals surface area contributed by atoms with E-state index in [0.717, 1.165) is 13.0 Å². The maximum absolute atomic E-state index is 9.26. The third kappa shape index (κ3) is 15.5. The summed E-state index contributed by atoms with van der Waals surface area (Å²) in [6.07, 6.45) is 26.3. The highest BCUT2D eigenvalue weighted by molar-refractivity contribution is 5.50. The molecule has 3 N–H and O–H groups in total. The number of phenols is 1. The van der Waals surface area contributed by atoms with Crippen LogP contribution in [0.4, 0.5) is 0 Å². The first-order chi connectivity index (χ1) is 13.3. The Morgan fingerprint density at radius 3 is 1.44 bits per heavy atom. The number of nitrogens with two attached hydrogens (primary N) is 1. The summed E-state index contributed by atoms with van der Waals surface area (Å²) in [6.45, 7) is 0.859. The largest absolute Gasteiger partial charge is 0.508 e. The highest BCUT2D eigenvalue weighted by Gasteiger charge is 1.94. The molecule has 1 aromatic carbocycles. The fraction of sp³-hybridized carbons (Fsp3) is 0.680. The van der Waals surface area contributed by atoms with Gasteiger partial charge in [-0.2, -0.15) is 0 Å². The molecule has 27 heavy (non-hydrogen) atoms. The first kappa shape index (κ1) is 23.8. The monoisotopic (exact) mass is 373 g/mol. The molecule has 0 aliphatic rings. The summed E-state index contributed by atoms with van der Waals surface area (Å²) in [5.41, 5.74) is 6.68. The lowest BCUT2D eigenvalue weighted by Gasteiger charge is -2.03. The lowest BCUT2D eigenvalue weighted by molar-refractivity contribution is 0.475. The number of rotatable bonds is 18. The van der Waals surface area contributed by atoms with Gasteiger partial charge in [0.05, 0.1) is 0 Å². The minimum Gasteiger partial charge on any atom is -0.508 e. The van der Waals surface area contributed by atoms with Gasteiger partial charge in [-0.15, -0.1) is 0 Å². The van der Waals surface area contributed by atoms with Crippen LogP contribution >= 0.6 is 0 Å². The molecule has 2 heteroatoms. The van der Waals surface area contributed by atoms with Crippen molar-refractivity contribution in [2.45, 2.75) is 103 Å². The second-order valence-electron chi connectivity index (χ2n) is 7.87. The zero-order chi connectivity index (χ0) is 19.4. The maximum atomic E-state index is 9.26. The Labute approximate surface area is 168 Å². The first-order valence-corrected chi connectivity index (χ1v) is 11.5. The standard InChI is InChI=1S/C25H43NO/c26-23-17-15-13-11-9-7-5-3-1-2-4-6-8-10-12-14-16-18-24-19-21-25(27)22-20-24/h16,18-22,27H,1-15,17,23,26H2. The van der Waals surface area contributed by atoms with E-state index in [1.807, 2.05) is 12.1 Å². The third-order valence-corrected chi connectivity index (χ3v) is 5.28. The van der Waals surface area contributed by atoms with Gasteiger partial charge in [-0.25, -0.2) is 0 Å². The van der Waals surface area contributed by atoms with Gasteiger partial charge >= 0.3 is 0 Å². The van der Waals surface area contributed by atoms with E-state index < -0.39 is 0 Å². The molecule has 0 fully saturated rings. The highest BCUT2D eigenvalue weighted by Crippen LogP contribution is 2.14. The maximum Gasteiger partial charge on any atom is 0.115 e. The molecule has 0 saturated heterocycles. The van der Waals surface area contributed by atoms with Crippen molar-refractivity contribution in [3.05, 3.63) is 35.9 Å². The summed E-state index contributed by atoms with van der Waals surface area (Å²) in [7, 11) is 0. The SMILES string of the molecule is NCCCCCCCCCCCCCCCCCC=Cc1ccc(O)cc1. The van der Waals surface area contributed by atoms with Crippen molar-refractivity contribution in [2.24, 2.45) is 5.73 Å². The van der Waals surface area contributed by atoms with Crippen LogP contribution in [0.3, 0.4) is 0 Å². The lowest BCUT2D eigenvalue weighted by atomic mass is 10.0. The van der Waals surface area contributed by atoms with Crippen molar-refractivity contribution in [2.75, 3.05) is 6.54 Å². The van der Waals surface area contributed by atoms with E-state index in [1.54, 1.807) is 12.1 Å². The van der Waals surface area contributed by atoms with E-state index in [1.165, 1.54) is 102 Å². The van der Waals surface area contributed by atoms with Crippen molar-refractivity contribution in [3.8, 4) is 5.75 Å². The molecule has 1 aromatic rings. The molecule has 1 rings (SSSR count). The Balaban J connectivity index is 1.76. The average molecular weight is 374 g/mol. The Bertz CT molecular complexity index is 452. The van der Waals surface area contributed by atoms with Gasteiger partial charge in [-0.3, -0.25) is 0 Å². The molecule has 0 unspecified atom stereocenters. The van der Waals surface area contributed by atoms with Gasteiger partial charge in [-0.05, 0) is 43.5 Å². The van der Waals surface area contributed by atoms with Gasteiger partial charge in [0.15, 0.2) is 0 Å². The number of phenolic OH excluding ortho intramolecular Hbond substituents is 1. The van der Waals surface area contributed by atoms with Crippen LogP contribution in [-0.2, 0) is 0 Å². The molecule has 0 spiro atoms. The van der Waals surface area contributed by atoms with Gasteiger partial charge in [0, 0.05) is 0 Å². The molecule has 0 atom stereocenters. The molecule has 0 bridgehead atoms. The summed E-state index contributed by atoms with van der Waals surface area (Å²) in [5, 5.41) is 9.26. The second-order valence-corrected chi connectivity index (χ2v) is 7.87. The van der Waals surface area contributed by atoms with Crippen LogP contribution in [0.5, 0.6) is 5.75 Å². The van der Waals surface area contributed by atoms with Crippen molar-refractivity contribution >= 4 is 6.08 Å².